The van der Waals surface area contributed by atoms with E-state index in [2.05, 4.69) is 22.2 Å². The van der Waals surface area contributed by atoms with E-state index in [1.54, 1.807) is 0 Å². The average molecular weight is 123 g/mol. The summed E-state index contributed by atoms with van der Waals surface area (Å²) in [6, 6.07) is 0. The first-order valence-electron chi connectivity index (χ1n) is 2.29. The van der Waals surface area contributed by atoms with Crippen LogP contribution in [-0.2, 0) is 0 Å². The maximum Gasteiger partial charge on any atom is 0.0455 e. The number of nitrogens with one attached hydrogen (secondary N) is 2. The third kappa shape index (κ3) is 4.05. The van der Waals surface area contributed by atoms with Gasteiger partial charge in [-0.05, 0) is 0 Å². The monoisotopic (exact) mass is 122 g/mol. The van der Waals surface area contributed by atoms with Crippen molar-refractivity contribution in [2.24, 2.45) is 0 Å². The van der Waals surface area contributed by atoms with Gasteiger partial charge in [-0.1, -0.05) is 0 Å². The van der Waals surface area contributed by atoms with Crippen LogP contribution in [-0.4, -0.2) is 26.1 Å². The molecule has 0 bridgehead atoms. The zero-order valence-corrected chi connectivity index (χ0v) is 5.26. The Balaban J connectivity index is 0.000000162. The minimum Gasteiger partial charge on any atom is -0.303 e. The lowest BCUT2D eigenvalue weighted by atomic mass is 10.7. The van der Waals surface area contributed by atoms with E-state index < -0.39 is 0 Å². The SMILES string of the molecule is C1CNCN1.CCl. The topological polar surface area (TPSA) is 24.1 Å². The summed E-state index contributed by atoms with van der Waals surface area (Å²) >= 11 is 4.64. The first-order valence-corrected chi connectivity index (χ1v) is 3.05. The highest BCUT2D eigenvalue weighted by Crippen LogP contribution is 1.62. The van der Waals surface area contributed by atoms with Crippen LogP contribution < -0.4 is 10.6 Å². The van der Waals surface area contributed by atoms with E-state index in [1.165, 1.54) is 6.38 Å². The van der Waals surface area contributed by atoms with Crippen LogP contribution in [0.15, 0.2) is 0 Å². The van der Waals surface area contributed by atoms with Crippen LogP contribution in [0.25, 0.3) is 0 Å². The minimum absolute atomic E-state index is 1.00. The van der Waals surface area contributed by atoms with E-state index in [9.17, 15) is 0 Å². The van der Waals surface area contributed by atoms with Crippen LogP contribution in [0.4, 0.5) is 0 Å². The Morgan fingerprint density at radius 2 is 1.57 bits per heavy atom. The third-order valence-electron chi connectivity index (χ3n) is 0.729. The molecule has 2 N–H and O–H groups in total. The van der Waals surface area contributed by atoms with Gasteiger partial charge >= 0.3 is 0 Å². The van der Waals surface area contributed by atoms with Crippen LogP contribution in [0, 0.1) is 0 Å². The molecule has 0 aromatic carbocycles. The number of hydrogen-bond acceptors (Lipinski definition) is 2. The fourth-order valence-corrected chi connectivity index (χ4v) is 0.442. The molecule has 0 amide bonds. The van der Waals surface area contributed by atoms with Crippen molar-refractivity contribution in [3.63, 3.8) is 0 Å². The molecule has 1 rings (SSSR count). The highest BCUT2D eigenvalue weighted by atomic mass is 35.5. The van der Waals surface area contributed by atoms with E-state index in [1.807, 2.05) is 0 Å². The average Bonchev–Trinajstić information content (AvgIpc) is 2.23. The van der Waals surface area contributed by atoms with Crippen molar-refractivity contribution < 1.29 is 0 Å². The van der Waals surface area contributed by atoms with Gasteiger partial charge in [-0.2, -0.15) is 0 Å². The predicted octanol–water partition coefficient (Wildman–Crippen LogP) is -0.00830. The molecular formula is C4H11ClN2. The molecule has 1 heterocycles. The molecule has 0 aromatic rings. The standard InChI is InChI=1S/C3H8N2.CH3Cl/c1-2-5-3-4-1;1-2/h4-5H,1-3H2;1H3. The Bertz CT molecular complexity index is 21.3. The second kappa shape index (κ2) is 6.21. The summed E-state index contributed by atoms with van der Waals surface area (Å²) in [4.78, 5) is 0. The summed E-state index contributed by atoms with van der Waals surface area (Å²) in [5.74, 6) is 0. The zero-order chi connectivity index (χ0) is 5.54. The molecule has 0 atom stereocenters. The molecule has 0 aromatic heterocycles. The molecule has 1 saturated heterocycles. The molecule has 0 spiro atoms. The van der Waals surface area contributed by atoms with Crippen LogP contribution >= 0.6 is 11.6 Å². The van der Waals surface area contributed by atoms with Gasteiger partial charge in [0.15, 0.2) is 0 Å². The Labute approximate surface area is 49.2 Å². The maximum absolute atomic E-state index is 4.64. The van der Waals surface area contributed by atoms with Crippen molar-refractivity contribution in [3.05, 3.63) is 0 Å². The molecule has 1 fully saturated rings. The Morgan fingerprint density at radius 3 is 1.71 bits per heavy atom. The van der Waals surface area contributed by atoms with Gasteiger partial charge in [-0.15, -0.1) is 11.6 Å². The van der Waals surface area contributed by atoms with E-state index in [4.69, 9.17) is 0 Å². The lowest BCUT2D eigenvalue weighted by molar-refractivity contribution is 0.807. The quantitative estimate of drug-likeness (QED) is 0.442. The van der Waals surface area contributed by atoms with Gasteiger partial charge < -0.3 is 10.6 Å². The van der Waals surface area contributed by atoms with Crippen LogP contribution in [0.5, 0.6) is 0 Å². The van der Waals surface area contributed by atoms with Crippen molar-refractivity contribution in [1.29, 1.82) is 0 Å². The molecule has 7 heavy (non-hydrogen) atoms. The summed E-state index contributed by atoms with van der Waals surface area (Å²) in [7, 11) is 0. The molecular weight excluding hydrogens is 112 g/mol. The molecule has 44 valence electrons. The molecule has 1 aliphatic heterocycles. The summed E-state index contributed by atoms with van der Waals surface area (Å²) in [5.41, 5.74) is 0. The normalized spacial score (nSPS) is 18.0. The molecule has 1 aliphatic rings. The molecule has 0 radical (unpaired) electrons. The Hall–Kier alpha value is 0.210. The van der Waals surface area contributed by atoms with Crippen LogP contribution in [0.3, 0.4) is 0 Å². The predicted molar refractivity (Wildman–Crippen MR) is 32.6 cm³/mol. The number of halogens is 1. The van der Waals surface area contributed by atoms with Gasteiger partial charge in [0.2, 0.25) is 0 Å². The van der Waals surface area contributed by atoms with E-state index in [0.717, 1.165) is 19.8 Å². The largest absolute Gasteiger partial charge is 0.303 e. The van der Waals surface area contributed by atoms with Crippen molar-refractivity contribution in [2.45, 2.75) is 0 Å². The van der Waals surface area contributed by atoms with E-state index in [-0.39, 0.29) is 0 Å². The van der Waals surface area contributed by atoms with Gasteiger partial charge in [0.25, 0.3) is 0 Å². The highest BCUT2D eigenvalue weighted by Gasteiger charge is 1.90. The Morgan fingerprint density at radius 1 is 1.14 bits per heavy atom. The second-order valence-electron chi connectivity index (χ2n) is 1.18. The number of alkyl halides is 1. The fraction of sp³-hybridized carbons (Fsp3) is 1.00. The lowest BCUT2D eigenvalue weighted by Crippen LogP contribution is -2.11. The van der Waals surface area contributed by atoms with Gasteiger partial charge in [0.1, 0.15) is 0 Å². The van der Waals surface area contributed by atoms with Gasteiger partial charge in [0, 0.05) is 26.1 Å². The molecule has 0 saturated carbocycles. The Kier molecular flexibility index (Phi) is 6.40. The highest BCUT2D eigenvalue weighted by molar-refractivity contribution is 6.15. The molecule has 2 nitrogen and oxygen atoms in total. The summed E-state index contributed by atoms with van der Waals surface area (Å²) < 4.78 is 0. The first-order chi connectivity index (χ1) is 3.50. The number of rotatable bonds is 0. The van der Waals surface area contributed by atoms with Crippen LogP contribution in [0.2, 0.25) is 0 Å². The molecule has 3 heteroatoms. The summed E-state index contributed by atoms with van der Waals surface area (Å²) in [6.07, 6.45) is 1.47. The summed E-state index contributed by atoms with van der Waals surface area (Å²) in [6.45, 7) is 3.28. The number of hydrogen-bond donors (Lipinski definition) is 2. The van der Waals surface area contributed by atoms with Crippen LogP contribution in [0.1, 0.15) is 0 Å². The summed E-state index contributed by atoms with van der Waals surface area (Å²) in [5, 5.41) is 6.22. The minimum atomic E-state index is 1.00. The van der Waals surface area contributed by atoms with Crippen molar-refractivity contribution in [2.75, 3.05) is 26.1 Å². The van der Waals surface area contributed by atoms with Crippen molar-refractivity contribution >= 4 is 11.6 Å². The maximum atomic E-state index is 4.64. The molecule has 0 aliphatic carbocycles. The van der Waals surface area contributed by atoms with E-state index in [0.29, 0.717) is 0 Å². The smallest absolute Gasteiger partial charge is 0.0455 e. The van der Waals surface area contributed by atoms with Gasteiger partial charge in [0.05, 0.1) is 0 Å². The lowest BCUT2D eigenvalue weighted by Gasteiger charge is -1.77. The van der Waals surface area contributed by atoms with Gasteiger partial charge in [-0.3, -0.25) is 0 Å². The van der Waals surface area contributed by atoms with Gasteiger partial charge in [-0.25, -0.2) is 0 Å². The molecule has 0 unspecified atom stereocenters. The van der Waals surface area contributed by atoms with Crippen molar-refractivity contribution in [1.82, 2.24) is 10.6 Å². The van der Waals surface area contributed by atoms with E-state index >= 15 is 0 Å². The first kappa shape index (κ1) is 7.21. The zero-order valence-electron chi connectivity index (χ0n) is 4.50. The van der Waals surface area contributed by atoms with Crippen molar-refractivity contribution in [3.8, 4) is 0 Å². The third-order valence-corrected chi connectivity index (χ3v) is 0.729. The second-order valence-corrected chi connectivity index (χ2v) is 1.18. The fourth-order valence-electron chi connectivity index (χ4n) is 0.442.